The number of carbonyl (C=O) groups is 1. The summed E-state index contributed by atoms with van der Waals surface area (Å²) in [6.45, 7) is 1.98. The van der Waals surface area contributed by atoms with Crippen molar-refractivity contribution in [3.63, 3.8) is 0 Å². The third kappa shape index (κ3) is 2.86. The van der Waals surface area contributed by atoms with Gasteiger partial charge < -0.3 is 18.8 Å². The maximum absolute atomic E-state index is 14.7. The third-order valence-corrected chi connectivity index (χ3v) is 7.97. The van der Waals surface area contributed by atoms with Gasteiger partial charge in [0.25, 0.3) is 0 Å². The zero-order valence-corrected chi connectivity index (χ0v) is 18.9. The summed E-state index contributed by atoms with van der Waals surface area (Å²) in [5.41, 5.74) is 2.58. The summed E-state index contributed by atoms with van der Waals surface area (Å²) in [5.74, 6) is 0.110. The molecule has 5 nitrogen and oxygen atoms in total. The van der Waals surface area contributed by atoms with Crippen molar-refractivity contribution in [1.29, 1.82) is 0 Å². The van der Waals surface area contributed by atoms with Crippen LogP contribution in [0.3, 0.4) is 0 Å². The Kier molecular flexibility index (Phi) is 4.53. The molecule has 2 fully saturated rings. The molecule has 0 radical (unpaired) electrons. The molecule has 2 aromatic rings. The van der Waals surface area contributed by atoms with Gasteiger partial charge in [-0.25, -0.2) is 4.39 Å². The molecule has 1 aliphatic carbocycles. The Morgan fingerprint density at radius 3 is 3.00 bits per heavy atom. The van der Waals surface area contributed by atoms with Gasteiger partial charge in [0.15, 0.2) is 4.77 Å². The van der Waals surface area contributed by atoms with E-state index in [2.05, 4.69) is 20.5 Å². The van der Waals surface area contributed by atoms with Gasteiger partial charge in [-0.2, -0.15) is 0 Å². The van der Waals surface area contributed by atoms with E-state index in [1.165, 1.54) is 6.07 Å². The fourth-order valence-electron chi connectivity index (χ4n) is 5.16. The largest absolute Gasteiger partial charge is 0.379 e. The highest BCUT2D eigenvalue weighted by atomic mass is 79.9. The maximum atomic E-state index is 14.7. The molecule has 3 heterocycles. The minimum Gasteiger partial charge on any atom is -0.379 e. The highest BCUT2D eigenvalue weighted by Crippen LogP contribution is 2.66. The molecule has 29 heavy (non-hydrogen) atoms. The number of amides is 1. The van der Waals surface area contributed by atoms with E-state index in [-0.39, 0.29) is 29.1 Å². The molecule has 0 unspecified atom stereocenters. The molecule has 3 atom stereocenters. The number of imidazole rings is 1. The molecule has 0 spiro atoms. The molecule has 1 saturated heterocycles. The second kappa shape index (κ2) is 6.75. The third-order valence-electron chi connectivity index (χ3n) is 6.99. The minimum atomic E-state index is -0.242. The van der Waals surface area contributed by atoms with Gasteiger partial charge in [0.1, 0.15) is 5.82 Å². The smallest absolute Gasteiger partial charge is 0.228 e. The van der Waals surface area contributed by atoms with Crippen molar-refractivity contribution in [2.24, 2.45) is 7.05 Å². The molecule has 154 valence electrons. The van der Waals surface area contributed by atoms with Gasteiger partial charge in [0.05, 0.1) is 19.1 Å². The van der Waals surface area contributed by atoms with Crippen LogP contribution >= 0.6 is 28.1 Å². The quantitative estimate of drug-likeness (QED) is 0.627. The van der Waals surface area contributed by atoms with E-state index in [4.69, 9.17) is 17.0 Å². The number of ether oxygens (including phenoxy) is 1. The lowest BCUT2D eigenvalue weighted by Gasteiger charge is -2.23. The predicted molar refractivity (Wildman–Crippen MR) is 113 cm³/mol. The van der Waals surface area contributed by atoms with Crippen molar-refractivity contribution in [1.82, 2.24) is 14.0 Å². The van der Waals surface area contributed by atoms with E-state index in [0.29, 0.717) is 31.0 Å². The monoisotopic (exact) mass is 479 g/mol. The number of hydrogen-bond acceptors (Lipinski definition) is 3. The fraction of sp³-hybridized carbons (Fsp3) is 0.524. The number of carbonyl (C=O) groups excluding carboxylic acids is 1. The number of halogens is 2. The highest BCUT2D eigenvalue weighted by molar-refractivity contribution is 9.10. The standard InChI is InChI=1S/C21H23BrFN3O2S/c1-24(13-5-6-28-10-13)18(27)8-17-19-15-9-21(15,11-26(19)20(29)25(17)2)14-7-12(22)3-4-16(14)23/h3-4,7,13,15H,5-6,8-11H2,1-2H3/t13-,15+,21-/m1/s1. The van der Waals surface area contributed by atoms with Crippen molar-refractivity contribution in [2.45, 2.75) is 43.2 Å². The van der Waals surface area contributed by atoms with Gasteiger partial charge in [-0.3, -0.25) is 4.79 Å². The molecule has 2 aliphatic heterocycles. The Balaban J connectivity index is 1.47. The zero-order chi connectivity index (χ0) is 20.5. The van der Waals surface area contributed by atoms with E-state index < -0.39 is 0 Å². The van der Waals surface area contributed by atoms with Crippen LogP contribution in [-0.4, -0.2) is 46.2 Å². The summed E-state index contributed by atoms with van der Waals surface area (Å²) in [4.78, 5) is 14.8. The summed E-state index contributed by atoms with van der Waals surface area (Å²) in [6.07, 6.45) is 2.08. The first-order chi connectivity index (χ1) is 13.8. The lowest BCUT2D eigenvalue weighted by Crippen LogP contribution is -2.38. The van der Waals surface area contributed by atoms with Crippen LogP contribution in [0.5, 0.6) is 0 Å². The summed E-state index contributed by atoms with van der Waals surface area (Å²) in [5, 5.41) is 0. The second-order valence-electron chi connectivity index (χ2n) is 8.50. The molecular formula is C21H23BrFN3O2S. The highest BCUT2D eigenvalue weighted by Gasteiger charge is 2.63. The van der Waals surface area contributed by atoms with E-state index in [1.807, 2.05) is 29.6 Å². The van der Waals surface area contributed by atoms with E-state index >= 15 is 0 Å². The van der Waals surface area contributed by atoms with Crippen molar-refractivity contribution in [3.05, 3.63) is 50.2 Å². The van der Waals surface area contributed by atoms with E-state index in [9.17, 15) is 9.18 Å². The van der Waals surface area contributed by atoms with Crippen LogP contribution in [0, 0.1) is 10.6 Å². The lowest BCUT2D eigenvalue weighted by atomic mass is 9.93. The molecule has 1 aromatic carbocycles. The van der Waals surface area contributed by atoms with Crippen molar-refractivity contribution in [2.75, 3.05) is 20.3 Å². The Labute approximate surface area is 182 Å². The summed E-state index contributed by atoms with van der Waals surface area (Å²) in [7, 11) is 3.78. The van der Waals surface area contributed by atoms with Crippen LogP contribution in [0.1, 0.15) is 35.7 Å². The number of likely N-dealkylation sites (N-methyl/N-ethyl adjacent to an activating group) is 1. The van der Waals surface area contributed by atoms with Gasteiger partial charge in [-0.15, -0.1) is 0 Å². The average Bonchev–Trinajstić information content (AvgIpc) is 3.02. The van der Waals surface area contributed by atoms with Gasteiger partial charge in [0, 0.05) is 54.4 Å². The number of benzene rings is 1. The molecule has 1 saturated carbocycles. The van der Waals surface area contributed by atoms with Crippen LogP contribution < -0.4 is 0 Å². The summed E-state index contributed by atoms with van der Waals surface area (Å²) >= 11 is 9.15. The van der Waals surface area contributed by atoms with Gasteiger partial charge in [-0.05, 0) is 48.8 Å². The topological polar surface area (TPSA) is 39.4 Å². The molecule has 3 aliphatic rings. The molecular weight excluding hydrogens is 457 g/mol. The first kappa shape index (κ1) is 19.5. The number of fused-ring (bicyclic) bond motifs is 3. The summed E-state index contributed by atoms with van der Waals surface area (Å²) in [6, 6.07) is 5.29. The van der Waals surface area contributed by atoms with Crippen molar-refractivity contribution >= 4 is 34.1 Å². The summed E-state index contributed by atoms with van der Waals surface area (Å²) < 4.78 is 25.7. The molecule has 5 rings (SSSR count). The van der Waals surface area contributed by atoms with Crippen LogP contribution in [0.15, 0.2) is 22.7 Å². The van der Waals surface area contributed by atoms with E-state index in [0.717, 1.165) is 34.3 Å². The number of rotatable bonds is 4. The first-order valence-electron chi connectivity index (χ1n) is 9.90. The minimum absolute atomic E-state index is 0.0753. The normalized spacial score (nSPS) is 27.0. The zero-order valence-electron chi connectivity index (χ0n) is 16.5. The first-order valence-corrected chi connectivity index (χ1v) is 11.1. The van der Waals surface area contributed by atoms with Crippen LogP contribution in [-0.2, 0) is 35.0 Å². The van der Waals surface area contributed by atoms with Gasteiger partial charge >= 0.3 is 0 Å². The number of hydrogen-bond donors (Lipinski definition) is 0. The lowest BCUT2D eigenvalue weighted by molar-refractivity contribution is -0.131. The maximum Gasteiger partial charge on any atom is 0.228 e. The SMILES string of the molecule is CN(C(=O)Cc1c2n(c(=S)n1C)C[C@@]1(c3cc(Br)ccc3F)C[C@@H]21)[C@@H]1CCOC1. The van der Waals surface area contributed by atoms with Crippen LogP contribution in [0.4, 0.5) is 4.39 Å². The molecule has 1 amide bonds. The molecule has 8 heteroatoms. The van der Waals surface area contributed by atoms with Crippen molar-refractivity contribution < 1.29 is 13.9 Å². The second-order valence-corrected chi connectivity index (χ2v) is 9.78. The molecule has 0 bridgehead atoms. The Bertz CT molecular complexity index is 1070. The van der Waals surface area contributed by atoms with Crippen molar-refractivity contribution in [3.8, 4) is 0 Å². The molecule has 0 N–H and O–H groups in total. The Morgan fingerprint density at radius 2 is 2.28 bits per heavy atom. The number of nitrogens with zero attached hydrogens (tertiary/aromatic N) is 3. The van der Waals surface area contributed by atoms with Gasteiger partial charge in [0.2, 0.25) is 5.91 Å². The average molecular weight is 480 g/mol. The predicted octanol–water partition coefficient (Wildman–Crippen LogP) is 3.69. The van der Waals surface area contributed by atoms with E-state index in [1.54, 1.807) is 6.07 Å². The van der Waals surface area contributed by atoms with Gasteiger partial charge in [-0.1, -0.05) is 15.9 Å². The number of aromatic nitrogens is 2. The molecule has 1 aromatic heterocycles. The Hall–Kier alpha value is -1.51. The Morgan fingerprint density at radius 1 is 1.48 bits per heavy atom. The van der Waals surface area contributed by atoms with Crippen LogP contribution in [0.25, 0.3) is 0 Å². The fourth-order valence-corrected chi connectivity index (χ4v) is 5.79. The van der Waals surface area contributed by atoms with Crippen LogP contribution in [0.2, 0.25) is 0 Å².